The van der Waals surface area contributed by atoms with Crippen molar-refractivity contribution >= 4 is 31.9 Å². The van der Waals surface area contributed by atoms with E-state index in [9.17, 15) is 24.5 Å². The van der Waals surface area contributed by atoms with Gasteiger partial charge in [0.15, 0.2) is 8.32 Å². The zero-order chi connectivity index (χ0) is 28.4. The Morgan fingerprint density at radius 2 is 1.76 bits per heavy atom. The molecule has 2 aliphatic rings. The van der Waals surface area contributed by atoms with E-state index in [2.05, 4.69) is 20.8 Å². The molecule has 2 heterocycles. The molecule has 0 bridgehead atoms. The molecule has 0 aliphatic carbocycles. The Morgan fingerprint density at radius 1 is 1.18 bits per heavy atom. The first kappa shape index (κ1) is 29.4. The number of esters is 2. The van der Waals surface area contributed by atoms with Crippen molar-refractivity contribution in [1.82, 2.24) is 4.90 Å². The van der Waals surface area contributed by atoms with Gasteiger partial charge in [0.25, 0.3) is 5.69 Å². The fourth-order valence-corrected chi connectivity index (χ4v) is 8.68. The summed E-state index contributed by atoms with van der Waals surface area (Å²) in [5.41, 5.74) is 5.18. The molecule has 2 N–H and O–H groups in total. The van der Waals surface area contributed by atoms with E-state index in [4.69, 9.17) is 14.9 Å². The number of rotatable bonds is 11. The van der Waals surface area contributed by atoms with Crippen LogP contribution in [0.1, 0.15) is 51.9 Å². The second kappa shape index (κ2) is 11.3. The van der Waals surface area contributed by atoms with E-state index >= 15 is 0 Å². The Morgan fingerprint density at radius 3 is 2.26 bits per heavy atom. The summed E-state index contributed by atoms with van der Waals surface area (Å²) in [4.78, 5) is 51.4. The summed E-state index contributed by atoms with van der Waals surface area (Å²) < 4.78 is 11.8. The van der Waals surface area contributed by atoms with Crippen molar-refractivity contribution < 1.29 is 28.5 Å². The average molecular weight is 544 g/mol. The van der Waals surface area contributed by atoms with Crippen LogP contribution in [0.3, 0.4) is 0 Å². The van der Waals surface area contributed by atoms with Crippen LogP contribution in [0.2, 0.25) is 18.1 Å². The maximum atomic E-state index is 13.7. The first-order valence-electron chi connectivity index (χ1n) is 13.1. The molecule has 38 heavy (non-hydrogen) atoms. The van der Waals surface area contributed by atoms with Gasteiger partial charge in [0.2, 0.25) is 5.91 Å². The monoisotopic (exact) mass is 543 g/mol. The minimum Gasteiger partial charge on any atom is -0.413 e. The first-order chi connectivity index (χ1) is 17.9. The molecule has 0 radical (unpaired) electrons. The topological polar surface area (TPSA) is 142 Å². The van der Waals surface area contributed by atoms with Gasteiger partial charge in [-0.15, -0.1) is 0 Å². The molecule has 0 aromatic heterocycles. The van der Waals surface area contributed by atoms with Gasteiger partial charge in [-0.2, -0.15) is 0 Å². The normalized spacial score (nSPS) is 23.9. The number of carbonyl (C=O) groups is 3. The number of hydrogen-bond donors (Lipinski definition) is 1. The third-order valence-electron chi connectivity index (χ3n) is 8.38. The minimum atomic E-state index is -2.01. The number of benzene rings is 1. The van der Waals surface area contributed by atoms with Crippen LogP contribution >= 0.6 is 0 Å². The fraction of sp³-hybridized carbons (Fsp3) is 0.519. The molecule has 206 valence electrons. The molecule has 10 nitrogen and oxygen atoms in total. The minimum absolute atomic E-state index is 0.0159. The maximum absolute atomic E-state index is 13.7. The van der Waals surface area contributed by atoms with E-state index < -0.39 is 30.6 Å². The van der Waals surface area contributed by atoms with Crippen molar-refractivity contribution in [3.8, 4) is 0 Å². The molecule has 0 saturated carbocycles. The summed E-state index contributed by atoms with van der Waals surface area (Å²) in [5, 5.41) is 10.9. The number of nitro benzene ring substituents is 1. The van der Waals surface area contributed by atoms with E-state index in [1.807, 2.05) is 20.8 Å². The van der Waals surface area contributed by atoms with Gasteiger partial charge in [-0.1, -0.05) is 39.8 Å². The van der Waals surface area contributed by atoms with Crippen LogP contribution in [0.25, 0.3) is 0 Å². The maximum Gasteiger partial charge on any atom is 0.363 e. The van der Waals surface area contributed by atoms with Crippen LogP contribution in [0, 0.1) is 21.4 Å². The van der Waals surface area contributed by atoms with Crippen molar-refractivity contribution in [2.75, 3.05) is 6.54 Å². The van der Waals surface area contributed by atoms with Gasteiger partial charge >= 0.3 is 11.9 Å². The van der Waals surface area contributed by atoms with Crippen LogP contribution in [-0.4, -0.2) is 54.7 Å². The molecule has 11 heteroatoms. The standard InChI is InChI=1S/C27H37N3O7Si/c1-7-38(8-2,9-3)37-18(5)27(6)23-17(4)21(11-10-16-28)22(29(23)26(27)33)25(32)36-24(31)19-12-14-20(15-13-19)30(34)35/h10-15,17-18,23H,7-9,16,28H2,1-6H3/b11-10+/t17-,18?,23+,27+/m0/s1. The smallest absolute Gasteiger partial charge is 0.363 e. The summed E-state index contributed by atoms with van der Waals surface area (Å²) in [6.45, 7) is 12.4. The van der Waals surface area contributed by atoms with Crippen LogP contribution in [0.15, 0.2) is 47.7 Å². The Bertz CT molecular complexity index is 1170. The van der Waals surface area contributed by atoms with E-state index in [1.54, 1.807) is 12.2 Å². The van der Waals surface area contributed by atoms with E-state index in [-0.39, 0.29) is 47.5 Å². The van der Waals surface area contributed by atoms with Crippen molar-refractivity contribution in [3.05, 3.63) is 63.4 Å². The number of nitrogens with zero attached hydrogens (tertiary/aromatic N) is 2. The molecule has 1 amide bonds. The summed E-state index contributed by atoms with van der Waals surface area (Å²) in [7, 11) is -2.01. The van der Waals surface area contributed by atoms with Gasteiger partial charge in [-0.3, -0.25) is 14.9 Å². The van der Waals surface area contributed by atoms with E-state index in [0.717, 1.165) is 30.3 Å². The highest BCUT2D eigenvalue weighted by Gasteiger charge is 2.68. The van der Waals surface area contributed by atoms with Crippen LogP contribution < -0.4 is 5.73 Å². The molecule has 4 atom stereocenters. The number of β-lactam (4-membered cyclic amide) rings is 1. The molecule has 2 aliphatic heterocycles. The third-order valence-corrected chi connectivity index (χ3v) is 13.1. The number of nitro groups is 1. The summed E-state index contributed by atoms with van der Waals surface area (Å²) in [6, 6.07) is 7.23. The Balaban J connectivity index is 1.91. The number of allylic oxidation sites excluding steroid dienone is 1. The molecule has 1 aromatic carbocycles. The quantitative estimate of drug-likeness (QED) is 0.109. The number of nitrogens with two attached hydrogens (primary N) is 1. The second-order valence-electron chi connectivity index (χ2n) is 10.1. The number of ether oxygens (including phenoxy) is 1. The summed E-state index contributed by atoms with van der Waals surface area (Å²) in [5.74, 6) is -2.40. The summed E-state index contributed by atoms with van der Waals surface area (Å²) >= 11 is 0. The number of amides is 1. The third kappa shape index (κ3) is 4.85. The lowest BCUT2D eigenvalue weighted by Crippen LogP contribution is -2.72. The van der Waals surface area contributed by atoms with Crippen LogP contribution in [0.5, 0.6) is 0 Å². The van der Waals surface area contributed by atoms with Crippen molar-refractivity contribution in [3.63, 3.8) is 0 Å². The number of fused-ring (bicyclic) bond motifs is 1. The molecule has 1 fully saturated rings. The van der Waals surface area contributed by atoms with Gasteiger partial charge in [0, 0.05) is 24.6 Å². The van der Waals surface area contributed by atoms with Gasteiger partial charge in [-0.25, -0.2) is 9.59 Å². The highest BCUT2D eigenvalue weighted by atomic mass is 28.4. The molecule has 1 aromatic rings. The molecule has 3 rings (SSSR count). The van der Waals surface area contributed by atoms with Gasteiger partial charge in [-0.05, 0) is 49.7 Å². The number of hydrogen-bond acceptors (Lipinski definition) is 8. The lowest BCUT2D eigenvalue weighted by Gasteiger charge is -2.56. The lowest BCUT2D eigenvalue weighted by atomic mass is 9.65. The van der Waals surface area contributed by atoms with Gasteiger partial charge in [0.05, 0.1) is 28.0 Å². The molecule has 1 unspecified atom stereocenters. The predicted octanol–water partition coefficient (Wildman–Crippen LogP) is 4.32. The zero-order valence-electron chi connectivity index (χ0n) is 22.9. The highest BCUT2D eigenvalue weighted by molar-refractivity contribution is 6.73. The first-order valence-corrected chi connectivity index (χ1v) is 15.6. The van der Waals surface area contributed by atoms with Crippen LogP contribution in [-0.2, 0) is 18.8 Å². The van der Waals surface area contributed by atoms with Crippen LogP contribution in [0.4, 0.5) is 5.69 Å². The van der Waals surface area contributed by atoms with Crippen molar-refractivity contribution in [2.45, 2.75) is 71.8 Å². The molecular weight excluding hydrogens is 506 g/mol. The van der Waals surface area contributed by atoms with Crippen molar-refractivity contribution in [2.24, 2.45) is 17.1 Å². The lowest BCUT2D eigenvalue weighted by molar-refractivity contribution is -0.384. The summed E-state index contributed by atoms with van der Waals surface area (Å²) in [6.07, 6.45) is 3.04. The predicted molar refractivity (Wildman–Crippen MR) is 144 cm³/mol. The second-order valence-corrected chi connectivity index (χ2v) is 14.8. The van der Waals surface area contributed by atoms with E-state index in [1.165, 1.54) is 17.0 Å². The molecule has 1 saturated heterocycles. The largest absolute Gasteiger partial charge is 0.413 e. The average Bonchev–Trinajstić information content (AvgIpc) is 3.19. The Hall–Kier alpha value is -3.15. The van der Waals surface area contributed by atoms with Crippen molar-refractivity contribution in [1.29, 1.82) is 0 Å². The zero-order valence-corrected chi connectivity index (χ0v) is 23.9. The number of non-ortho nitro benzene ring substituents is 1. The number of carbonyl (C=O) groups excluding carboxylic acids is 3. The SMILES string of the molecule is CC[Si](CC)(CC)OC(C)[C@@]1(C)C(=O)N2C(C(=O)OC(=O)c3ccc([N+](=O)[O-])cc3)=C(/C=C/CN)[C@H](C)[C@@H]21. The van der Waals surface area contributed by atoms with Gasteiger partial charge in [0.1, 0.15) is 5.70 Å². The fourth-order valence-electron chi connectivity index (χ4n) is 5.69. The Kier molecular flexibility index (Phi) is 8.74. The van der Waals surface area contributed by atoms with Gasteiger partial charge < -0.3 is 19.8 Å². The molecule has 0 spiro atoms. The van der Waals surface area contributed by atoms with E-state index in [0.29, 0.717) is 5.57 Å². The Labute approximate surface area is 224 Å². The molecular formula is C27H37N3O7Si. The highest BCUT2D eigenvalue weighted by Crippen LogP contribution is 2.55.